The zero-order valence-corrected chi connectivity index (χ0v) is 11.5. The molecule has 5 nitrogen and oxygen atoms in total. The van der Waals surface area contributed by atoms with E-state index in [1.165, 1.54) is 0 Å². The number of aromatic nitrogens is 3. The average molecular weight is 260 g/mol. The first-order valence-corrected chi connectivity index (χ1v) is 6.60. The van der Waals surface area contributed by atoms with Crippen LogP contribution in [0.2, 0.25) is 0 Å². The number of benzene rings is 1. The number of nitrogens with two attached hydrogens (primary N) is 1. The summed E-state index contributed by atoms with van der Waals surface area (Å²) in [5, 5.41) is 8.16. The van der Waals surface area contributed by atoms with Crippen LogP contribution in [0, 0.1) is 6.92 Å². The molecule has 5 heteroatoms. The maximum Gasteiger partial charge on any atom is 0.119 e. The minimum absolute atomic E-state index is 0.407. The molecule has 0 spiro atoms. The fourth-order valence-electron chi connectivity index (χ4n) is 1.81. The molecule has 19 heavy (non-hydrogen) atoms. The number of ether oxygens (including phenoxy) is 1. The molecule has 0 unspecified atom stereocenters. The van der Waals surface area contributed by atoms with Crippen LogP contribution in [0.5, 0.6) is 5.75 Å². The van der Waals surface area contributed by atoms with Crippen molar-refractivity contribution in [3.05, 3.63) is 35.7 Å². The number of hydrogen-bond acceptors (Lipinski definition) is 4. The Morgan fingerprint density at radius 3 is 2.58 bits per heavy atom. The summed E-state index contributed by atoms with van der Waals surface area (Å²) in [4.78, 5) is 0. The van der Waals surface area contributed by atoms with Gasteiger partial charge in [0.2, 0.25) is 0 Å². The van der Waals surface area contributed by atoms with Crippen molar-refractivity contribution in [3.8, 4) is 11.4 Å². The van der Waals surface area contributed by atoms with Gasteiger partial charge in [-0.15, -0.1) is 5.10 Å². The van der Waals surface area contributed by atoms with E-state index in [9.17, 15) is 0 Å². The lowest BCUT2D eigenvalue weighted by Crippen LogP contribution is -2.02. The summed E-state index contributed by atoms with van der Waals surface area (Å²) >= 11 is 0. The van der Waals surface area contributed by atoms with Gasteiger partial charge in [0.05, 0.1) is 23.7 Å². The Bertz CT molecular complexity index is 519. The molecule has 0 aliphatic rings. The zero-order chi connectivity index (χ0) is 13.7. The fourth-order valence-corrected chi connectivity index (χ4v) is 1.81. The number of rotatable bonds is 6. The standard InChI is InChI=1S/C14H20N4O/c1-3-4-9-19-13-7-5-12(6-8-13)18-11(2)14(10-15)16-17-18/h5-8H,3-4,9-10,15H2,1-2H3. The van der Waals surface area contributed by atoms with Crippen molar-refractivity contribution >= 4 is 0 Å². The second-order valence-electron chi connectivity index (χ2n) is 4.43. The van der Waals surface area contributed by atoms with Gasteiger partial charge in [0, 0.05) is 6.54 Å². The highest BCUT2D eigenvalue weighted by Crippen LogP contribution is 2.17. The normalized spacial score (nSPS) is 10.7. The SMILES string of the molecule is CCCCOc1ccc(-n2nnc(CN)c2C)cc1. The molecule has 2 rings (SSSR count). The van der Waals surface area contributed by atoms with E-state index >= 15 is 0 Å². The van der Waals surface area contributed by atoms with E-state index in [1.54, 1.807) is 4.68 Å². The second kappa shape index (κ2) is 6.33. The van der Waals surface area contributed by atoms with Gasteiger partial charge in [0.25, 0.3) is 0 Å². The van der Waals surface area contributed by atoms with Crippen molar-refractivity contribution in [2.45, 2.75) is 33.2 Å². The van der Waals surface area contributed by atoms with Gasteiger partial charge in [0.1, 0.15) is 5.75 Å². The van der Waals surface area contributed by atoms with Gasteiger partial charge in [-0.05, 0) is 37.6 Å². The lowest BCUT2D eigenvalue weighted by molar-refractivity contribution is 0.309. The Hall–Kier alpha value is -1.88. The molecule has 0 fully saturated rings. The van der Waals surface area contributed by atoms with Gasteiger partial charge in [-0.25, -0.2) is 4.68 Å². The topological polar surface area (TPSA) is 66.0 Å². The average Bonchev–Trinajstić information content (AvgIpc) is 2.81. The van der Waals surface area contributed by atoms with Gasteiger partial charge in [-0.2, -0.15) is 0 Å². The van der Waals surface area contributed by atoms with Crippen molar-refractivity contribution in [1.82, 2.24) is 15.0 Å². The Labute approximate surface area is 113 Å². The first kappa shape index (κ1) is 13.5. The second-order valence-corrected chi connectivity index (χ2v) is 4.43. The Kier molecular flexibility index (Phi) is 4.52. The summed E-state index contributed by atoms with van der Waals surface area (Å²) in [6.07, 6.45) is 2.21. The van der Waals surface area contributed by atoms with Crippen molar-refractivity contribution in [2.75, 3.05) is 6.61 Å². The van der Waals surface area contributed by atoms with Crippen LogP contribution < -0.4 is 10.5 Å². The van der Waals surface area contributed by atoms with Crippen LogP contribution in [0.1, 0.15) is 31.2 Å². The molecule has 102 valence electrons. The summed E-state index contributed by atoms with van der Waals surface area (Å²) in [7, 11) is 0. The van der Waals surface area contributed by atoms with E-state index in [4.69, 9.17) is 10.5 Å². The molecule has 0 saturated carbocycles. The van der Waals surface area contributed by atoms with E-state index in [0.717, 1.165) is 42.3 Å². The fraction of sp³-hybridized carbons (Fsp3) is 0.429. The molecule has 0 bridgehead atoms. The molecule has 2 N–H and O–H groups in total. The van der Waals surface area contributed by atoms with Gasteiger partial charge in [-0.1, -0.05) is 18.6 Å². The highest BCUT2D eigenvalue weighted by molar-refractivity contribution is 5.38. The predicted octanol–water partition coefficient (Wildman–Crippen LogP) is 2.21. The monoisotopic (exact) mass is 260 g/mol. The number of nitrogens with zero attached hydrogens (tertiary/aromatic N) is 3. The summed E-state index contributed by atoms with van der Waals surface area (Å²) < 4.78 is 7.42. The molecule has 0 aliphatic heterocycles. The lowest BCUT2D eigenvalue weighted by Gasteiger charge is -2.07. The molecule has 0 saturated heterocycles. The highest BCUT2D eigenvalue weighted by Gasteiger charge is 2.08. The van der Waals surface area contributed by atoms with Crippen molar-refractivity contribution in [1.29, 1.82) is 0 Å². The van der Waals surface area contributed by atoms with Crippen LogP contribution in [0.3, 0.4) is 0 Å². The van der Waals surface area contributed by atoms with E-state index in [1.807, 2.05) is 31.2 Å². The molecular formula is C14H20N4O. The van der Waals surface area contributed by atoms with Crippen LogP contribution in [0.15, 0.2) is 24.3 Å². The van der Waals surface area contributed by atoms with Crippen LogP contribution in [-0.2, 0) is 6.54 Å². The molecule has 0 aliphatic carbocycles. The first-order chi connectivity index (χ1) is 9.26. The third-order valence-corrected chi connectivity index (χ3v) is 3.03. The third kappa shape index (κ3) is 3.12. The summed E-state index contributed by atoms with van der Waals surface area (Å²) in [5.41, 5.74) is 8.36. The van der Waals surface area contributed by atoms with Gasteiger partial charge in [-0.3, -0.25) is 0 Å². The van der Waals surface area contributed by atoms with Gasteiger partial charge < -0.3 is 10.5 Å². The van der Waals surface area contributed by atoms with Crippen LogP contribution in [0.25, 0.3) is 5.69 Å². The van der Waals surface area contributed by atoms with Crippen molar-refractivity contribution in [2.24, 2.45) is 5.73 Å². The van der Waals surface area contributed by atoms with E-state index < -0.39 is 0 Å². The zero-order valence-electron chi connectivity index (χ0n) is 11.5. The van der Waals surface area contributed by atoms with Gasteiger partial charge in [0.15, 0.2) is 0 Å². The van der Waals surface area contributed by atoms with Crippen LogP contribution in [-0.4, -0.2) is 21.6 Å². The minimum Gasteiger partial charge on any atom is -0.494 e. The Morgan fingerprint density at radius 1 is 1.26 bits per heavy atom. The number of unbranched alkanes of at least 4 members (excludes halogenated alkanes) is 1. The lowest BCUT2D eigenvalue weighted by atomic mass is 10.3. The maximum atomic E-state index is 5.63. The van der Waals surface area contributed by atoms with E-state index in [0.29, 0.717) is 6.54 Å². The van der Waals surface area contributed by atoms with Crippen molar-refractivity contribution in [3.63, 3.8) is 0 Å². The third-order valence-electron chi connectivity index (χ3n) is 3.03. The number of hydrogen-bond donors (Lipinski definition) is 1. The Balaban J connectivity index is 2.11. The quantitative estimate of drug-likeness (QED) is 0.809. The van der Waals surface area contributed by atoms with Crippen LogP contribution >= 0.6 is 0 Å². The van der Waals surface area contributed by atoms with Crippen LogP contribution in [0.4, 0.5) is 0 Å². The predicted molar refractivity (Wildman–Crippen MR) is 74.4 cm³/mol. The highest BCUT2D eigenvalue weighted by atomic mass is 16.5. The molecule has 2 aromatic rings. The maximum absolute atomic E-state index is 5.63. The van der Waals surface area contributed by atoms with Gasteiger partial charge >= 0.3 is 0 Å². The molecule has 1 aromatic carbocycles. The minimum atomic E-state index is 0.407. The summed E-state index contributed by atoms with van der Waals surface area (Å²) in [5.74, 6) is 0.883. The molecular weight excluding hydrogens is 240 g/mol. The largest absolute Gasteiger partial charge is 0.494 e. The molecule has 1 heterocycles. The molecule has 1 aromatic heterocycles. The molecule has 0 amide bonds. The summed E-state index contributed by atoms with van der Waals surface area (Å²) in [6.45, 7) is 5.28. The van der Waals surface area contributed by atoms with E-state index in [2.05, 4.69) is 17.2 Å². The summed E-state index contributed by atoms with van der Waals surface area (Å²) in [6, 6.07) is 7.86. The first-order valence-electron chi connectivity index (χ1n) is 6.60. The molecule has 0 radical (unpaired) electrons. The molecule has 0 atom stereocenters. The van der Waals surface area contributed by atoms with E-state index in [-0.39, 0.29) is 0 Å². The smallest absolute Gasteiger partial charge is 0.119 e. The Morgan fingerprint density at radius 2 is 2.00 bits per heavy atom. The van der Waals surface area contributed by atoms with Crippen molar-refractivity contribution < 1.29 is 4.74 Å².